The average Bonchev–Trinajstić information content (AvgIpc) is 3.36. The summed E-state index contributed by atoms with van der Waals surface area (Å²) in [4.78, 5) is 45.7. The summed E-state index contributed by atoms with van der Waals surface area (Å²) in [6, 6.07) is 25.9. The topological polar surface area (TPSA) is 119 Å². The van der Waals surface area contributed by atoms with E-state index in [1.54, 1.807) is 35.0 Å². The van der Waals surface area contributed by atoms with Gasteiger partial charge in [0, 0.05) is 41.7 Å². The fourth-order valence-corrected chi connectivity index (χ4v) is 4.55. The number of imide groups is 1. The average molecular weight is 538 g/mol. The normalized spacial score (nSPS) is 11.5. The van der Waals surface area contributed by atoms with Crippen LogP contribution in [-0.4, -0.2) is 36.2 Å². The molecule has 41 heavy (non-hydrogen) atoms. The summed E-state index contributed by atoms with van der Waals surface area (Å²) in [6.07, 6.45) is 10.7. The SMILES string of the molecule is Nc1nccc2c(-c3ccnc(N(C(=O)C=Cc4ccccc4)C(=O)C=Cc4ccccc4)n3)c3cccnc3n12. The fourth-order valence-electron chi connectivity index (χ4n) is 4.55. The van der Waals surface area contributed by atoms with E-state index in [0.29, 0.717) is 11.3 Å². The number of nitrogens with zero attached hydrogens (tertiary/aromatic N) is 6. The summed E-state index contributed by atoms with van der Waals surface area (Å²) in [5.41, 5.74) is 10.4. The monoisotopic (exact) mass is 537 g/mol. The largest absolute Gasteiger partial charge is 0.369 e. The lowest BCUT2D eigenvalue weighted by Crippen LogP contribution is -2.36. The smallest absolute Gasteiger partial charge is 0.260 e. The fraction of sp³-hybridized carbons (Fsp3) is 0. The van der Waals surface area contributed by atoms with Gasteiger partial charge in [-0.15, -0.1) is 0 Å². The molecule has 0 radical (unpaired) electrons. The number of nitrogen functional groups attached to an aromatic ring is 1. The quantitative estimate of drug-likeness (QED) is 0.290. The van der Waals surface area contributed by atoms with Crippen LogP contribution in [0.1, 0.15) is 11.1 Å². The molecule has 2 aromatic carbocycles. The maximum atomic E-state index is 13.5. The summed E-state index contributed by atoms with van der Waals surface area (Å²) in [5, 5.41) is 0.786. The highest BCUT2D eigenvalue weighted by Crippen LogP contribution is 2.34. The summed E-state index contributed by atoms with van der Waals surface area (Å²) < 4.78 is 1.74. The van der Waals surface area contributed by atoms with Gasteiger partial charge in [0.1, 0.15) is 5.65 Å². The van der Waals surface area contributed by atoms with Gasteiger partial charge in [-0.1, -0.05) is 60.7 Å². The number of hydrogen-bond donors (Lipinski definition) is 1. The van der Waals surface area contributed by atoms with Crippen molar-refractivity contribution in [3.63, 3.8) is 0 Å². The molecule has 198 valence electrons. The Bertz CT molecular complexity index is 1890. The van der Waals surface area contributed by atoms with Crippen LogP contribution in [0, 0.1) is 0 Å². The molecule has 9 nitrogen and oxygen atoms in total. The van der Waals surface area contributed by atoms with E-state index in [2.05, 4.69) is 15.0 Å². The van der Waals surface area contributed by atoms with Crippen molar-refractivity contribution in [1.82, 2.24) is 24.3 Å². The minimum Gasteiger partial charge on any atom is -0.369 e. The van der Waals surface area contributed by atoms with Gasteiger partial charge in [-0.25, -0.2) is 24.8 Å². The minimum atomic E-state index is -0.588. The molecule has 6 aromatic rings. The molecule has 4 aromatic heterocycles. The van der Waals surface area contributed by atoms with Crippen LogP contribution in [-0.2, 0) is 9.59 Å². The molecule has 0 bridgehead atoms. The van der Waals surface area contributed by atoms with E-state index < -0.39 is 11.8 Å². The third-order valence-electron chi connectivity index (χ3n) is 6.41. The van der Waals surface area contributed by atoms with E-state index in [0.717, 1.165) is 32.5 Å². The van der Waals surface area contributed by atoms with E-state index in [9.17, 15) is 9.59 Å². The van der Waals surface area contributed by atoms with Crippen LogP contribution in [0.25, 0.3) is 40.0 Å². The Balaban J connectivity index is 1.45. The molecule has 4 heterocycles. The molecular formula is C32H23N7O2. The van der Waals surface area contributed by atoms with Gasteiger partial charge in [0.15, 0.2) is 0 Å². The Hall–Kier alpha value is -5.96. The molecular weight excluding hydrogens is 514 g/mol. The van der Waals surface area contributed by atoms with Gasteiger partial charge in [0.2, 0.25) is 11.9 Å². The third-order valence-corrected chi connectivity index (χ3v) is 6.41. The molecule has 6 rings (SSSR count). The van der Waals surface area contributed by atoms with Crippen molar-refractivity contribution in [1.29, 1.82) is 0 Å². The number of carbonyl (C=O) groups is 2. The molecule has 9 heteroatoms. The lowest BCUT2D eigenvalue weighted by molar-refractivity contribution is -0.121. The van der Waals surface area contributed by atoms with E-state index in [4.69, 9.17) is 10.7 Å². The van der Waals surface area contributed by atoms with Gasteiger partial charge >= 0.3 is 0 Å². The first-order valence-corrected chi connectivity index (χ1v) is 12.8. The molecule has 0 saturated heterocycles. The summed E-state index contributed by atoms with van der Waals surface area (Å²) >= 11 is 0. The number of rotatable bonds is 6. The predicted octanol–water partition coefficient (Wildman–Crippen LogP) is 5.21. The van der Waals surface area contributed by atoms with Gasteiger partial charge in [-0.3, -0.25) is 14.0 Å². The van der Waals surface area contributed by atoms with E-state index in [1.807, 2.05) is 78.9 Å². The maximum absolute atomic E-state index is 13.5. The number of amides is 2. The number of pyridine rings is 1. The molecule has 0 spiro atoms. The Kier molecular flexibility index (Phi) is 6.81. The lowest BCUT2D eigenvalue weighted by Gasteiger charge is -2.16. The second-order valence-electron chi connectivity index (χ2n) is 9.02. The van der Waals surface area contributed by atoms with Crippen LogP contribution >= 0.6 is 0 Å². The van der Waals surface area contributed by atoms with Crippen LogP contribution in [0.3, 0.4) is 0 Å². The molecule has 0 fully saturated rings. The standard InChI is InChI=1S/C32H23N7O2/c33-31-35-21-18-26-29(24-12-7-19-34-30(24)38(26)31)25-17-20-36-32(37-25)39(27(40)15-13-22-8-3-1-4-9-22)28(41)16-14-23-10-5-2-6-11-23/h1-21H,(H2,33,35). The van der Waals surface area contributed by atoms with E-state index >= 15 is 0 Å². The van der Waals surface area contributed by atoms with Crippen molar-refractivity contribution >= 4 is 52.4 Å². The van der Waals surface area contributed by atoms with Crippen LogP contribution in [0.5, 0.6) is 0 Å². The van der Waals surface area contributed by atoms with Crippen molar-refractivity contribution in [2.75, 3.05) is 10.6 Å². The Morgan fingerprint density at radius 3 is 2.00 bits per heavy atom. The zero-order chi connectivity index (χ0) is 28.2. The Morgan fingerprint density at radius 1 is 0.707 bits per heavy atom. The van der Waals surface area contributed by atoms with Crippen LogP contribution in [0.2, 0.25) is 0 Å². The molecule has 0 atom stereocenters. The Labute approximate surface area is 235 Å². The highest BCUT2D eigenvalue weighted by molar-refractivity contribution is 6.22. The first-order chi connectivity index (χ1) is 20.1. The molecule has 0 aliphatic heterocycles. The molecule has 2 N–H and O–H groups in total. The number of anilines is 2. The van der Waals surface area contributed by atoms with E-state index in [-0.39, 0.29) is 11.9 Å². The van der Waals surface area contributed by atoms with Crippen molar-refractivity contribution in [2.45, 2.75) is 0 Å². The number of fused-ring (bicyclic) bond motifs is 3. The second-order valence-corrected chi connectivity index (χ2v) is 9.02. The zero-order valence-corrected chi connectivity index (χ0v) is 21.7. The summed E-state index contributed by atoms with van der Waals surface area (Å²) in [5.74, 6) is -0.965. The summed E-state index contributed by atoms with van der Waals surface area (Å²) in [7, 11) is 0. The zero-order valence-electron chi connectivity index (χ0n) is 21.7. The number of benzene rings is 2. The first kappa shape index (κ1) is 25.3. The minimum absolute atomic E-state index is 0.0636. The lowest BCUT2D eigenvalue weighted by atomic mass is 10.1. The number of hydrogen-bond acceptors (Lipinski definition) is 7. The molecule has 0 saturated carbocycles. The Morgan fingerprint density at radius 2 is 1.34 bits per heavy atom. The molecule has 0 unspecified atom stereocenters. The van der Waals surface area contributed by atoms with Crippen molar-refractivity contribution < 1.29 is 9.59 Å². The first-order valence-electron chi connectivity index (χ1n) is 12.8. The van der Waals surface area contributed by atoms with E-state index in [1.165, 1.54) is 18.3 Å². The van der Waals surface area contributed by atoms with Crippen LogP contribution in [0.15, 0.2) is 116 Å². The molecule has 0 aliphatic rings. The van der Waals surface area contributed by atoms with Crippen LogP contribution in [0.4, 0.5) is 11.9 Å². The number of aromatic nitrogens is 5. The highest BCUT2D eigenvalue weighted by atomic mass is 16.2. The second kappa shape index (κ2) is 11.0. The van der Waals surface area contributed by atoms with Gasteiger partial charge < -0.3 is 5.73 Å². The maximum Gasteiger partial charge on any atom is 0.260 e. The van der Waals surface area contributed by atoms with Gasteiger partial charge in [0.25, 0.3) is 11.8 Å². The number of carbonyl (C=O) groups excluding carboxylic acids is 2. The van der Waals surface area contributed by atoms with Crippen molar-refractivity contribution in [2.24, 2.45) is 0 Å². The van der Waals surface area contributed by atoms with Gasteiger partial charge in [-0.2, -0.15) is 0 Å². The third kappa shape index (κ3) is 5.07. The van der Waals surface area contributed by atoms with Gasteiger partial charge in [-0.05, 0) is 47.5 Å². The highest BCUT2D eigenvalue weighted by Gasteiger charge is 2.24. The van der Waals surface area contributed by atoms with Gasteiger partial charge in [0.05, 0.1) is 11.2 Å². The summed E-state index contributed by atoms with van der Waals surface area (Å²) in [6.45, 7) is 0. The number of nitrogens with two attached hydrogens (primary N) is 1. The van der Waals surface area contributed by atoms with Crippen LogP contribution < -0.4 is 10.6 Å². The van der Waals surface area contributed by atoms with Crippen molar-refractivity contribution in [3.8, 4) is 11.3 Å². The molecule has 2 amide bonds. The van der Waals surface area contributed by atoms with Crippen molar-refractivity contribution in [3.05, 3.63) is 127 Å². The predicted molar refractivity (Wildman–Crippen MR) is 159 cm³/mol. The molecule has 0 aliphatic carbocycles.